The molecule has 0 saturated carbocycles. The van der Waals surface area contributed by atoms with Crippen LogP contribution in [0.2, 0.25) is 0 Å². The molecule has 3 N–H and O–H groups in total. The van der Waals surface area contributed by atoms with Crippen molar-refractivity contribution in [3.63, 3.8) is 0 Å². The fraction of sp³-hybridized carbons (Fsp3) is 0.160. The van der Waals surface area contributed by atoms with Gasteiger partial charge in [0.2, 0.25) is 0 Å². The highest BCUT2D eigenvalue weighted by Gasteiger charge is 2.10. The molecule has 3 nitrogen and oxygen atoms in total. The average molecular weight is 434 g/mol. The van der Waals surface area contributed by atoms with Gasteiger partial charge in [-0.15, -0.1) is 11.3 Å². The number of nitrogens with two attached hydrogens (primary N) is 1. The monoisotopic (exact) mass is 433 g/mol. The summed E-state index contributed by atoms with van der Waals surface area (Å²) in [5, 5.41) is 1.11. The molecule has 4 aromatic rings. The summed E-state index contributed by atoms with van der Waals surface area (Å²) < 4.78 is 4.83. The SMILES string of the molecule is C=CN.Cc1nc2cccc(-c3ccc(C)c(SNc4c(C)cccc4C)c3)c2s1. The summed E-state index contributed by atoms with van der Waals surface area (Å²) in [7, 11) is 0. The van der Waals surface area contributed by atoms with Crippen molar-refractivity contribution in [3.8, 4) is 11.1 Å². The molecule has 0 aliphatic rings. The number of para-hydroxylation sites is 1. The molecule has 1 aromatic heterocycles. The summed E-state index contributed by atoms with van der Waals surface area (Å²) in [6, 6.07) is 19.5. The lowest BCUT2D eigenvalue weighted by molar-refractivity contribution is 1.30. The Bertz CT molecular complexity index is 1160. The van der Waals surface area contributed by atoms with E-state index in [-0.39, 0.29) is 0 Å². The summed E-state index contributed by atoms with van der Waals surface area (Å²) in [6.45, 7) is 11.7. The van der Waals surface area contributed by atoms with Crippen molar-refractivity contribution in [3.05, 3.63) is 89.1 Å². The Morgan fingerprint density at radius 2 is 1.63 bits per heavy atom. The number of nitrogens with one attached hydrogen (secondary N) is 1. The maximum Gasteiger partial charge on any atom is 0.0907 e. The first-order valence-corrected chi connectivity index (χ1v) is 11.4. The zero-order chi connectivity index (χ0) is 21.7. The van der Waals surface area contributed by atoms with Crippen molar-refractivity contribution in [2.45, 2.75) is 32.6 Å². The molecule has 5 heteroatoms. The van der Waals surface area contributed by atoms with Crippen molar-refractivity contribution >= 4 is 39.2 Å². The summed E-state index contributed by atoms with van der Waals surface area (Å²) >= 11 is 3.45. The van der Waals surface area contributed by atoms with Gasteiger partial charge in [-0.3, -0.25) is 0 Å². The zero-order valence-electron chi connectivity index (χ0n) is 17.8. The Morgan fingerprint density at radius 3 is 2.33 bits per heavy atom. The Labute approximate surface area is 187 Å². The lowest BCUT2D eigenvalue weighted by Crippen LogP contribution is -1.94. The minimum absolute atomic E-state index is 1.08. The van der Waals surface area contributed by atoms with Gasteiger partial charge in [-0.1, -0.05) is 49.0 Å². The van der Waals surface area contributed by atoms with Crippen LogP contribution in [0.25, 0.3) is 21.3 Å². The largest absolute Gasteiger partial charge is 0.405 e. The Balaban J connectivity index is 0.000000806. The highest BCUT2D eigenvalue weighted by Crippen LogP contribution is 2.36. The Kier molecular flexibility index (Phi) is 7.19. The van der Waals surface area contributed by atoms with Gasteiger partial charge in [0.05, 0.1) is 20.9 Å². The van der Waals surface area contributed by atoms with Crippen LogP contribution in [0.4, 0.5) is 5.69 Å². The molecule has 154 valence electrons. The summed E-state index contributed by atoms with van der Waals surface area (Å²) in [4.78, 5) is 5.88. The van der Waals surface area contributed by atoms with Crippen LogP contribution in [0.15, 0.2) is 72.3 Å². The van der Waals surface area contributed by atoms with E-state index in [0.29, 0.717) is 0 Å². The molecule has 0 bridgehead atoms. The molecule has 0 atom stereocenters. The summed E-state index contributed by atoms with van der Waals surface area (Å²) in [6.07, 6.45) is 1.25. The van der Waals surface area contributed by atoms with Crippen LogP contribution in [-0.2, 0) is 0 Å². The van der Waals surface area contributed by atoms with Crippen molar-refractivity contribution in [2.75, 3.05) is 4.72 Å². The van der Waals surface area contributed by atoms with Crippen molar-refractivity contribution in [1.82, 2.24) is 4.98 Å². The number of nitrogens with zero attached hydrogens (tertiary/aromatic N) is 1. The second kappa shape index (κ2) is 9.83. The van der Waals surface area contributed by atoms with E-state index >= 15 is 0 Å². The molecular weight excluding hydrogens is 406 g/mol. The molecule has 0 fully saturated rings. The van der Waals surface area contributed by atoms with Crippen molar-refractivity contribution < 1.29 is 0 Å². The van der Waals surface area contributed by atoms with Gasteiger partial charge < -0.3 is 10.5 Å². The van der Waals surface area contributed by atoms with Crippen LogP contribution in [0.1, 0.15) is 21.7 Å². The highest BCUT2D eigenvalue weighted by atomic mass is 32.2. The lowest BCUT2D eigenvalue weighted by atomic mass is 10.0. The van der Waals surface area contributed by atoms with Gasteiger partial charge in [-0.2, -0.15) is 0 Å². The van der Waals surface area contributed by atoms with E-state index in [1.807, 2.05) is 0 Å². The van der Waals surface area contributed by atoms with E-state index in [0.717, 1.165) is 10.5 Å². The fourth-order valence-corrected chi connectivity index (χ4v) is 5.15. The Hall–Kier alpha value is -2.76. The molecule has 30 heavy (non-hydrogen) atoms. The minimum Gasteiger partial charge on any atom is -0.405 e. The third-order valence-corrected chi connectivity index (χ3v) is 6.75. The number of benzene rings is 3. The normalized spacial score (nSPS) is 10.4. The van der Waals surface area contributed by atoms with Gasteiger partial charge in [0.15, 0.2) is 0 Å². The van der Waals surface area contributed by atoms with Gasteiger partial charge in [0.25, 0.3) is 0 Å². The molecule has 4 rings (SSSR count). The predicted octanol–water partition coefficient (Wildman–Crippen LogP) is 7.40. The first kappa shape index (κ1) is 21.9. The second-order valence-electron chi connectivity index (χ2n) is 7.07. The molecule has 3 aromatic carbocycles. The number of aryl methyl sites for hydroxylation is 4. The van der Waals surface area contributed by atoms with Crippen LogP contribution >= 0.6 is 23.3 Å². The van der Waals surface area contributed by atoms with Gasteiger partial charge in [-0.25, -0.2) is 4.98 Å². The number of anilines is 1. The van der Waals surface area contributed by atoms with E-state index in [9.17, 15) is 0 Å². The summed E-state index contributed by atoms with van der Waals surface area (Å²) in [5.41, 5.74) is 13.2. The van der Waals surface area contributed by atoms with E-state index < -0.39 is 0 Å². The lowest BCUT2D eigenvalue weighted by Gasteiger charge is -2.14. The average Bonchev–Trinajstić information content (AvgIpc) is 3.10. The number of hydrogen-bond acceptors (Lipinski definition) is 5. The smallest absolute Gasteiger partial charge is 0.0907 e. The summed E-state index contributed by atoms with van der Waals surface area (Å²) in [5.74, 6) is 0. The van der Waals surface area contributed by atoms with Crippen molar-refractivity contribution in [2.24, 2.45) is 5.73 Å². The minimum atomic E-state index is 1.08. The molecule has 0 unspecified atom stereocenters. The van der Waals surface area contributed by atoms with Gasteiger partial charge in [-0.05, 0) is 80.2 Å². The highest BCUT2D eigenvalue weighted by molar-refractivity contribution is 8.00. The van der Waals surface area contributed by atoms with E-state index in [4.69, 9.17) is 0 Å². The molecule has 0 spiro atoms. The van der Waals surface area contributed by atoms with E-state index in [1.165, 1.54) is 49.3 Å². The van der Waals surface area contributed by atoms with Gasteiger partial charge in [0.1, 0.15) is 0 Å². The predicted molar refractivity (Wildman–Crippen MR) is 134 cm³/mol. The molecule has 0 radical (unpaired) electrons. The molecular formula is C25H27N3S2. The fourth-order valence-electron chi connectivity index (χ4n) is 3.25. The molecule has 0 amide bonds. The third-order valence-electron chi connectivity index (χ3n) is 4.77. The van der Waals surface area contributed by atoms with Crippen LogP contribution in [0.5, 0.6) is 0 Å². The second-order valence-corrected chi connectivity index (χ2v) is 9.12. The van der Waals surface area contributed by atoms with Crippen LogP contribution in [-0.4, -0.2) is 4.98 Å². The number of hydrogen-bond donors (Lipinski definition) is 2. The number of fused-ring (bicyclic) bond motifs is 1. The Morgan fingerprint density at radius 1 is 0.967 bits per heavy atom. The quantitative estimate of drug-likeness (QED) is 0.329. The standard InChI is InChI=1S/C23H22N2S2.C2H5N/c1-14-11-12-18(19-9-6-10-20-23(19)26-17(4)24-20)13-21(14)27-25-22-15(2)7-5-8-16(22)3;1-2-3/h5-13,25H,1-4H3;2H,1,3H2. The van der Waals surface area contributed by atoms with Crippen molar-refractivity contribution in [1.29, 1.82) is 0 Å². The number of thiazole rings is 1. The topological polar surface area (TPSA) is 50.9 Å². The number of rotatable bonds is 4. The van der Waals surface area contributed by atoms with Gasteiger partial charge >= 0.3 is 0 Å². The van der Waals surface area contributed by atoms with Gasteiger partial charge in [0, 0.05) is 10.5 Å². The third kappa shape index (κ3) is 4.86. The maximum atomic E-state index is 4.64. The molecule has 0 aliphatic carbocycles. The molecule has 0 saturated heterocycles. The van der Waals surface area contributed by atoms with E-state index in [1.54, 1.807) is 23.3 Å². The molecule has 0 aliphatic heterocycles. The molecule has 1 heterocycles. The zero-order valence-corrected chi connectivity index (χ0v) is 19.5. The first-order chi connectivity index (χ1) is 14.4. The van der Waals surface area contributed by atoms with Crippen LogP contribution in [0, 0.1) is 27.7 Å². The maximum absolute atomic E-state index is 4.64. The number of aromatic nitrogens is 1. The van der Waals surface area contributed by atoms with Crippen LogP contribution < -0.4 is 10.5 Å². The first-order valence-electron chi connectivity index (χ1n) is 9.73. The van der Waals surface area contributed by atoms with E-state index in [2.05, 4.69) is 104 Å². The van der Waals surface area contributed by atoms with Crippen LogP contribution in [0.3, 0.4) is 0 Å².